The van der Waals surface area contributed by atoms with Crippen LogP contribution < -0.4 is 5.43 Å². The molecule has 1 heterocycles. The van der Waals surface area contributed by atoms with Gasteiger partial charge < -0.3 is 4.90 Å². The van der Waals surface area contributed by atoms with Crippen LogP contribution in [0.15, 0.2) is 46.3 Å². The summed E-state index contributed by atoms with van der Waals surface area (Å²) in [5.41, 5.74) is -1.94. The van der Waals surface area contributed by atoms with Gasteiger partial charge in [0.2, 0.25) is 5.43 Å². The molecule has 6 nitrogen and oxygen atoms in total. The van der Waals surface area contributed by atoms with E-state index in [2.05, 4.69) is 10.1 Å². The molecule has 0 aliphatic rings. The molecule has 0 unspecified atom stereocenters. The summed E-state index contributed by atoms with van der Waals surface area (Å²) in [4.78, 5) is 28.7. The summed E-state index contributed by atoms with van der Waals surface area (Å²) in [6, 6.07) is 5.42. The Morgan fingerprint density at radius 3 is 2.62 bits per heavy atom. The third kappa shape index (κ3) is 4.06. The molecule has 0 fully saturated rings. The molecule has 2 aromatic rings. The number of hydrogen-bond donors (Lipinski definition) is 0. The lowest BCUT2D eigenvalue weighted by Gasteiger charge is -2.10. The monoisotopic (exact) mass is 338 g/mol. The summed E-state index contributed by atoms with van der Waals surface area (Å²) in [6.45, 7) is 0. The Morgan fingerprint density at radius 2 is 2.00 bits per heavy atom. The second-order valence-electron chi connectivity index (χ2n) is 5.03. The second kappa shape index (κ2) is 6.65. The van der Waals surface area contributed by atoms with Gasteiger partial charge >= 0.3 is 12.1 Å². The molecule has 1 amide bonds. The van der Waals surface area contributed by atoms with Crippen molar-refractivity contribution in [1.82, 2.24) is 14.7 Å². The highest BCUT2D eigenvalue weighted by Crippen LogP contribution is 2.30. The number of carbonyl (C=O) groups is 1. The van der Waals surface area contributed by atoms with Gasteiger partial charge in [-0.2, -0.15) is 23.3 Å². The van der Waals surface area contributed by atoms with Crippen LogP contribution in [0.1, 0.15) is 16.1 Å². The van der Waals surface area contributed by atoms with E-state index in [1.165, 1.54) is 29.6 Å². The van der Waals surface area contributed by atoms with Crippen LogP contribution in [-0.2, 0) is 6.18 Å². The van der Waals surface area contributed by atoms with Crippen LogP contribution in [-0.4, -0.2) is 41.0 Å². The minimum Gasteiger partial charge on any atom is -0.369 e. The van der Waals surface area contributed by atoms with Crippen LogP contribution in [0.5, 0.6) is 0 Å². The number of benzene rings is 1. The third-order valence-corrected chi connectivity index (χ3v) is 2.85. The Labute approximate surface area is 134 Å². The van der Waals surface area contributed by atoms with Gasteiger partial charge in [0.1, 0.15) is 0 Å². The van der Waals surface area contributed by atoms with Gasteiger partial charge in [-0.15, -0.1) is 0 Å². The van der Waals surface area contributed by atoms with Crippen LogP contribution in [0.2, 0.25) is 0 Å². The molecule has 9 heteroatoms. The van der Waals surface area contributed by atoms with E-state index in [1.54, 1.807) is 14.1 Å². The Morgan fingerprint density at radius 1 is 1.29 bits per heavy atom. The lowest BCUT2D eigenvalue weighted by atomic mass is 10.2. The van der Waals surface area contributed by atoms with Gasteiger partial charge in [0.05, 0.1) is 17.6 Å². The Balaban J connectivity index is 2.45. The van der Waals surface area contributed by atoms with Crippen molar-refractivity contribution in [1.29, 1.82) is 0 Å². The van der Waals surface area contributed by atoms with E-state index >= 15 is 0 Å². The summed E-state index contributed by atoms with van der Waals surface area (Å²) >= 11 is 0. The van der Waals surface area contributed by atoms with E-state index < -0.39 is 28.8 Å². The lowest BCUT2D eigenvalue weighted by molar-refractivity contribution is -0.137. The predicted octanol–water partition coefficient (Wildman–Crippen LogP) is 1.98. The number of aliphatic imine (C=N–C) groups is 1. The van der Waals surface area contributed by atoms with Crippen molar-refractivity contribution < 1.29 is 18.0 Å². The third-order valence-electron chi connectivity index (χ3n) is 2.85. The number of amides is 1. The maximum absolute atomic E-state index is 12.8. The normalized spacial score (nSPS) is 11.7. The van der Waals surface area contributed by atoms with E-state index in [4.69, 9.17) is 0 Å². The first kappa shape index (κ1) is 17.4. The number of halogens is 3. The van der Waals surface area contributed by atoms with Crippen molar-refractivity contribution in [3.05, 3.63) is 58.0 Å². The second-order valence-corrected chi connectivity index (χ2v) is 5.03. The van der Waals surface area contributed by atoms with E-state index in [0.29, 0.717) is 0 Å². The van der Waals surface area contributed by atoms with Crippen LogP contribution in [0, 0.1) is 0 Å². The molecule has 24 heavy (non-hydrogen) atoms. The standard InChI is InChI=1S/C15H13F3N4O2/c1-21(2)9-19-14(24)13-12(23)6-7-22(20-13)11-5-3-4-10(8-11)15(16,17)18/h3-9H,1-2H3/b19-9+. The summed E-state index contributed by atoms with van der Waals surface area (Å²) in [6.07, 6.45) is -2.13. The zero-order valence-corrected chi connectivity index (χ0v) is 12.8. The molecule has 1 aromatic carbocycles. The number of hydrogen-bond acceptors (Lipinski definition) is 3. The lowest BCUT2D eigenvalue weighted by Crippen LogP contribution is -2.21. The number of nitrogens with zero attached hydrogens (tertiary/aromatic N) is 4. The highest BCUT2D eigenvalue weighted by atomic mass is 19.4. The minimum absolute atomic E-state index is 0.0652. The number of rotatable bonds is 3. The van der Waals surface area contributed by atoms with Gasteiger partial charge in [-0.1, -0.05) is 6.07 Å². The smallest absolute Gasteiger partial charge is 0.369 e. The van der Waals surface area contributed by atoms with Crippen molar-refractivity contribution in [2.75, 3.05) is 14.1 Å². The molecule has 0 spiro atoms. The molecule has 0 radical (unpaired) electrons. The van der Waals surface area contributed by atoms with Crippen molar-refractivity contribution in [2.45, 2.75) is 6.18 Å². The minimum atomic E-state index is -4.51. The Hall–Kier alpha value is -2.97. The molecular weight excluding hydrogens is 325 g/mol. The molecule has 1 aromatic heterocycles. The molecule has 126 valence electrons. The van der Waals surface area contributed by atoms with Gasteiger partial charge in [-0.25, -0.2) is 4.68 Å². The van der Waals surface area contributed by atoms with Gasteiger partial charge in [0.25, 0.3) is 0 Å². The van der Waals surface area contributed by atoms with E-state index in [0.717, 1.165) is 22.9 Å². The number of aromatic nitrogens is 2. The van der Waals surface area contributed by atoms with Crippen LogP contribution in [0.4, 0.5) is 13.2 Å². The average molecular weight is 338 g/mol. The quantitative estimate of drug-likeness (QED) is 0.634. The summed E-state index contributed by atoms with van der Waals surface area (Å²) < 4.78 is 39.3. The van der Waals surface area contributed by atoms with E-state index in [1.807, 2.05) is 0 Å². The van der Waals surface area contributed by atoms with Crippen LogP contribution >= 0.6 is 0 Å². The molecule has 0 atom stereocenters. The van der Waals surface area contributed by atoms with Crippen molar-refractivity contribution in [3.8, 4) is 5.69 Å². The van der Waals surface area contributed by atoms with E-state index in [-0.39, 0.29) is 5.69 Å². The molecule has 0 saturated heterocycles. The van der Waals surface area contributed by atoms with E-state index in [9.17, 15) is 22.8 Å². The number of carbonyl (C=O) groups excluding carboxylic acids is 1. The first-order valence-electron chi connectivity index (χ1n) is 6.71. The van der Waals surface area contributed by atoms with Crippen molar-refractivity contribution in [3.63, 3.8) is 0 Å². The maximum Gasteiger partial charge on any atom is 0.416 e. The van der Waals surface area contributed by atoms with Crippen molar-refractivity contribution >= 4 is 12.2 Å². The SMILES string of the molecule is CN(C)/C=N/C(=O)c1nn(-c2cccc(C(F)(F)F)c2)ccc1=O. The zero-order chi connectivity index (χ0) is 17.9. The first-order valence-corrected chi connectivity index (χ1v) is 6.71. The first-order chi connectivity index (χ1) is 11.2. The van der Waals surface area contributed by atoms with Gasteiger partial charge in [-0.05, 0) is 18.2 Å². The molecule has 0 aliphatic heterocycles. The fraction of sp³-hybridized carbons (Fsp3) is 0.200. The topological polar surface area (TPSA) is 67.6 Å². The van der Waals surface area contributed by atoms with Gasteiger partial charge in [-0.3, -0.25) is 9.59 Å². The van der Waals surface area contributed by atoms with Crippen LogP contribution in [0.3, 0.4) is 0 Å². The number of alkyl halides is 3. The maximum atomic E-state index is 12.8. The van der Waals surface area contributed by atoms with Gasteiger partial charge in [0.15, 0.2) is 5.69 Å². The highest BCUT2D eigenvalue weighted by molar-refractivity contribution is 5.96. The Bertz CT molecular complexity index is 841. The fourth-order valence-corrected chi connectivity index (χ4v) is 1.75. The molecule has 2 rings (SSSR count). The molecular formula is C15H13F3N4O2. The highest BCUT2D eigenvalue weighted by Gasteiger charge is 2.30. The van der Waals surface area contributed by atoms with Crippen molar-refractivity contribution in [2.24, 2.45) is 4.99 Å². The van der Waals surface area contributed by atoms with Gasteiger partial charge in [0, 0.05) is 26.4 Å². The molecule has 0 N–H and O–H groups in total. The average Bonchev–Trinajstić information content (AvgIpc) is 2.52. The summed E-state index contributed by atoms with van der Waals surface area (Å²) in [7, 11) is 3.27. The summed E-state index contributed by atoms with van der Waals surface area (Å²) in [5.74, 6) is -0.880. The summed E-state index contributed by atoms with van der Waals surface area (Å²) in [5, 5.41) is 3.80. The predicted molar refractivity (Wildman–Crippen MR) is 81.3 cm³/mol. The zero-order valence-electron chi connectivity index (χ0n) is 12.8. The molecule has 0 bridgehead atoms. The Kier molecular flexibility index (Phi) is 4.82. The molecule has 0 saturated carbocycles. The fourth-order valence-electron chi connectivity index (χ4n) is 1.75. The molecule has 0 aliphatic carbocycles. The van der Waals surface area contributed by atoms with Crippen LogP contribution in [0.25, 0.3) is 5.69 Å². The largest absolute Gasteiger partial charge is 0.416 e.